The molecule has 0 aromatic heterocycles. The number of aromatic carboxylic acids is 1. The van der Waals surface area contributed by atoms with Gasteiger partial charge in [-0.15, -0.1) is 0 Å². The lowest BCUT2D eigenvalue weighted by Crippen LogP contribution is -2.44. The van der Waals surface area contributed by atoms with E-state index in [9.17, 15) is 9.90 Å². The van der Waals surface area contributed by atoms with Crippen LogP contribution in [0.2, 0.25) is 0 Å². The fourth-order valence-corrected chi connectivity index (χ4v) is 2.41. The van der Waals surface area contributed by atoms with Crippen molar-refractivity contribution in [2.45, 2.75) is 46.2 Å². The Kier molecular flexibility index (Phi) is 5.31. The van der Waals surface area contributed by atoms with Gasteiger partial charge in [0.25, 0.3) is 0 Å². The Morgan fingerprint density at radius 3 is 2.00 bits per heavy atom. The number of hydrogen-bond donors (Lipinski definition) is 0. The average Bonchev–Trinajstić information content (AvgIpc) is 2.33. The predicted molar refractivity (Wildman–Crippen MR) is 77.0 cm³/mol. The molecule has 20 heavy (non-hydrogen) atoms. The van der Waals surface area contributed by atoms with Crippen LogP contribution in [0, 0.1) is 5.92 Å². The van der Waals surface area contributed by atoms with Crippen molar-refractivity contribution >= 4 is 5.97 Å². The summed E-state index contributed by atoms with van der Waals surface area (Å²) < 4.78 is 0. The molecule has 0 bridgehead atoms. The highest BCUT2D eigenvalue weighted by Gasteiger charge is 2.32. The van der Waals surface area contributed by atoms with Gasteiger partial charge in [-0.1, -0.05) is 38.1 Å². The number of hydrogen-bond acceptors (Lipinski definition) is 4. The number of carbonyl (C=O) groups excluding carboxylic acids is 1. The SMILES string of the molecule is CON(C(c1ccc(C(=O)[O-])cc1)C(C)C)C(C)(C)C. The quantitative estimate of drug-likeness (QED) is 0.776. The van der Waals surface area contributed by atoms with Gasteiger partial charge in [-0.3, -0.25) is 0 Å². The van der Waals surface area contributed by atoms with Gasteiger partial charge in [0.05, 0.1) is 19.1 Å². The maximum atomic E-state index is 10.8. The summed E-state index contributed by atoms with van der Waals surface area (Å²) in [6, 6.07) is 6.87. The topological polar surface area (TPSA) is 52.6 Å². The lowest BCUT2D eigenvalue weighted by atomic mass is 9.92. The lowest BCUT2D eigenvalue weighted by Gasteiger charge is -2.41. The molecule has 0 aliphatic heterocycles. The van der Waals surface area contributed by atoms with E-state index in [1.807, 2.05) is 17.2 Å². The van der Waals surface area contributed by atoms with Crippen molar-refractivity contribution in [3.05, 3.63) is 35.4 Å². The number of benzene rings is 1. The molecule has 0 aliphatic carbocycles. The van der Waals surface area contributed by atoms with Gasteiger partial charge >= 0.3 is 0 Å². The molecule has 0 amide bonds. The van der Waals surface area contributed by atoms with Gasteiger partial charge in [-0.25, -0.2) is 0 Å². The number of rotatable bonds is 5. The van der Waals surface area contributed by atoms with Crippen LogP contribution in [0.5, 0.6) is 0 Å². The number of hydroxylamine groups is 2. The fourth-order valence-electron chi connectivity index (χ4n) is 2.41. The first-order valence-corrected chi connectivity index (χ1v) is 6.83. The van der Waals surface area contributed by atoms with Gasteiger partial charge in [-0.05, 0) is 37.8 Å². The number of carboxylic acids is 1. The van der Waals surface area contributed by atoms with Crippen LogP contribution in [-0.4, -0.2) is 23.7 Å². The summed E-state index contributed by atoms with van der Waals surface area (Å²) in [5, 5.41) is 12.8. The van der Waals surface area contributed by atoms with Crippen LogP contribution < -0.4 is 5.11 Å². The van der Waals surface area contributed by atoms with Gasteiger partial charge < -0.3 is 14.7 Å². The Morgan fingerprint density at radius 2 is 1.70 bits per heavy atom. The Labute approximate surface area is 121 Å². The summed E-state index contributed by atoms with van der Waals surface area (Å²) in [6.45, 7) is 10.5. The summed E-state index contributed by atoms with van der Waals surface area (Å²) in [6.07, 6.45) is 0. The van der Waals surface area contributed by atoms with Gasteiger partial charge in [-0.2, -0.15) is 5.06 Å². The van der Waals surface area contributed by atoms with E-state index in [4.69, 9.17) is 4.84 Å². The van der Waals surface area contributed by atoms with E-state index >= 15 is 0 Å². The summed E-state index contributed by atoms with van der Waals surface area (Å²) in [5.74, 6) is -0.833. The third kappa shape index (κ3) is 3.81. The van der Waals surface area contributed by atoms with Crippen LogP contribution in [0.25, 0.3) is 0 Å². The minimum absolute atomic E-state index is 0.0517. The second kappa shape index (κ2) is 6.37. The van der Waals surface area contributed by atoms with Gasteiger partial charge in [0.1, 0.15) is 0 Å². The summed E-state index contributed by atoms with van der Waals surface area (Å²) in [5.41, 5.74) is 1.06. The van der Waals surface area contributed by atoms with Crippen LogP contribution in [0.15, 0.2) is 24.3 Å². The lowest BCUT2D eigenvalue weighted by molar-refractivity contribution is -0.255. The predicted octanol–water partition coefficient (Wildman–Crippen LogP) is 2.41. The molecule has 1 atom stereocenters. The molecule has 4 nitrogen and oxygen atoms in total. The van der Waals surface area contributed by atoms with E-state index < -0.39 is 5.97 Å². The zero-order valence-electron chi connectivity index (χ0n) is 13.1. The zero-order chi connectivity index (χ0) is 15.5. The van der Waals surface area contributed by atoms with E-state index in [2.05, 4.69) is 34.6 Å². The Balaban J connectivity index is 3.16. The minimum Gasteiger partial charge on any atom is -0.545 e. The Morgan fingerprint density at radius 1 is 1.20 bits per heavy atom. The Bertz CT molecular complexity index is 446. The van der Waals surface area contributed by atoms with Crippen molar-refractivity contribution in [2.75, 3.05) is 7.11 Å². The summed E-state index contributed by atoms with van der Waals surface area (Å²) in [7, 11) is 1.66. The second-order valence-corrected chi connectivity index (χ2v) is 6.28. The van der Waals surface area contributed by atoms with E-state index in [0.717, 1.165) is 5.56 Å². The van der Waals surface area contributed by atoms with Crippen LogP contribution in [-0.2, 0) is 4.84 Å². The first kappa shape index (κ1) is 16.7. The third-order valence-electron chi connectivity index (χ3n) is 3.23. The molecule has 0 radical (unpaired) electrons. The van der Waals surface area contributed by atoms with Gasteiger partial charge in [0, 0.05) is 5.54 Å². The molecular weight excluding hydrogens is 254 g/mol. The second-order valence-electron chi connectivity index (χ2n) is 6.28. The zero-order valence-corrected chi connectivity index (χ0v) is 13.1. The van der Waals surface area contributed by atoms with E-state index in [1.165, 1.54) is 0 Å². The highest BCUT2D eigenvalue weighted by atomic mass is 16.7. The van der Waals surface area contributed by atoms with E-state index in [-0.39, 0.29) is 17.1 Å². The first-order valence-electron chi connectivity index (χ1n) is 6.83. The molecule has 0 fully saturated rings. The molecule has 0 heterocycles. The smallest absolute Gasteiger partial charge is 0.0715 e. The minimum atomic E-state index is -1.16. The van der Waals surface area contributed by atoms with Crippen molar-refractivity contribution < 1.29 is 14.7 Å². The summed E-state index contributed by atoms with van der Waals surface area (Å²) >= 11 is 0. The molecule has 0 spiro atoms. The highest BCUT2D eigenvalue weighted by Crippen LogP contribution is 2.34. The molecular formula is C16H24NO3-. The molecule has 1 rings (SSSR count). The third-order valence-corrected chi connectivity index (χ3v) is 3.23. The van der Waals surface area contributed by atoms with Crippen molar-refractivity contribution in [1.29, 1.82) is 0 Å². The molecule has 0 saturated carbocycles. The molecule has 0 saturated heterocycles. The van der Waals surface area contributed by atoms with Crippen molar-refractivity contribution in [2.24, 2.45) is 5.92 Å². The first-order chi connectivity index (χ1) is 9.18. The average molecular weight is 278 g/mol. The standard InChI is InChI=1S/C16H25NO3/c1-11(2)14(17(20-6)16(3,4)5)12-7-9-13(10-8-12)15(18)19/h7-11,14H,1-6H3,(H,18,19)/p-1. The van der Waals surface area contributed by atoms with E-state index in [0.29, 0.717) is 5.92 Å². The molecule has 1 aromatic rings. The molecule has 0 N–H and O–H groups in total. The molecule has 112 valence electrons. The Hall–Kier alpha value is -1.39. The molecule has 1 unspecified atom stereocenters. The van der Waals surface area contributed by atoms with Crippen LogP contribution in [0.4, 0.5) is 0 Å². The normalized spacial score (nSPS) is 13.8. The molecule has 1 aromatic carbocycles. The summed E-state index contributed by atoms with van der Waals surface area (Å²) in [4.78, 5) is 16.4. The largest absolute Gasteiger partial charge is 0.545 e. The molecule has 4 heteroatoms. The van der Waals surface area contributed by atoms with Crippen LogP contribution >= 0.6 is 0 Å². The molecule has 0 aliphatic rings. The number of carboxylic acid groups (broad SMARTS) is 1. The number of nitrogens with zero attached hydrogens (tertiary/aromatic N) is 1. The highest BCUT2D eigenvalue weighted by molar-refractivity contribution is 5.85. The maximum Gasteiger partial charge on any atom is 0.0715 e. The monoisotopic (exact) mass is 278 g/mol. The van der Waals surface area contributed by atoms with E-state index in [1.54, 1.807) is 19.2 Å². The van der Waals surface area contributed by atoms with Gasteiger partial charge in [0.2, 0.25) is 0 Å². The van der Waals surface area contributed by atoms with Gasteiger partial charge in [0.15, 0.2) is 0 Å². The number of carbonyl (C=O) groups is 1. The maximum absolute atomic E-state index is 10.8. The van der Waals surface area contributed by atoms with Crippen molar-refractivity contribution in [3.8, 4) is 0 Å². The fraction of sp³-hybridized carbons (Fsp3) is 0.562. The van der Waals surface area contributed by atoms with Crippen molar-refractivity contribution in [1.82, 2.24) is 5.06 Å². The van der Waals surface area contributed by atoms with Crippen LogP contribution in [0.1, 0.15) is 56.6 Å². The van der Waals surface area contributed by atoms with Crippen LogP contribution in [0.3, 0.4) is 0 Å². The van der Waals surface area contributed by atoms with Crippen molar-refractivity contribution in [3.63, 3.8) is 0 Å².